The van der Waals surface area contributed by atoms with Gasteiger partial charge < -0.3 is 35.1 Å². The number of rotatable bonds is 20. The van der Waals surface area contributed by atoms with Crippen molar-refractivity contribution in [3.63, 3.8) is 0 Å². The molecule has 4 aromatic carbocycles. The maximum atomic E-state index is 13.6. The number of aromatic carboxylic acids is 1. The van der Waals surface area contributed by atoms with Crippen LogP contribution in [0.1, 0.15) is 101 Å². The first-order valence-electron chi connectivity index (χ1n) is 24.0. The Morgan fingerprint density at radius 1 is 0.843 bits per heavy atom. The minimum absolute atomic E-state index is 0.0114. The van der Waals surface area contributed by atoms with E-state index in [0.29, 0.717) is 89.1 Å². The third kappa shape index (κ3) is 12.1. The number of nitrogens with one attached hydrogen (secondary N) is 3. The standard InChI is InChI=1S/C54H59ClN8O7/c1-54(2,3)53(68)60-50-48-49(36-21-25-40(26-22-36)70-39-15-9-8-10-16-39)61-63(51(48)59-34-58-50)37-14-13-28-62(33-37)47(65)18-12-7-5-4-6-11-17-46(64)56-27-29-69-38-23-19-35(20-24-38)41-30-42-43(52(66)67)32-57-45(42)31-44(41)55/h8-10,15-16,19-26,30-32,34,37,57H,4-7,11-14,17-18,27-29,33H2,1-3H3,(H,56,64)(H,66,67)(H,58,59,60,68)/t37-/m1/s1. The smallest absolute Gasteiger partial charge is 0.337 e. The lowest BCUT2D eigenvalue weighted by molar-refractivity contribution is -0.133. The number of amides is 3. The molecule has 0 unspecified atom stereocenters. The zero-order valence-corrected chi connectivity index (χ0v) is 40.6. The van der Waals surface area contributed by atoms with Gasteiger partial charge in [0.05, 0.1) is 28.6 Å². The number of aromatic amines is 1. The number of likely N-dealkylation sites (tertiary alicyclic amines) is 1. The number of hydrogen-bond acceptors (Lipinski definition) is 9. The Morgan fingerprint density at radius 2 is 1.53 bits per heavy atom. The molecular weight excluding hydrogens is 908 g/mol. The molecule has 364 valence electrons. The first-order chi connectivity index (χ1) is 33.8. The minimum atomic E-state index is -1.01. The molecular formula is C54H59ClN8O7. The molecule has 7 aromatic rings. The van der Waals surface area contributed by atoms with Gasteiger partial charge in [-0.15, -0.1) is 0 Å². The Labute approximate surface area is 411 Å². The summed E-state index contributed by atoms with van der Waals surface area (Å²) in [6, 6.07) is 28.0. The number of H-pyrrole nitrogens is 1. The van der Waals surface area contributed by atoms with Gasteiger partial charge in [0.2, 0.25) is 17.7 Å². The zero-order valence-electron chi connectivity index (χ0n) is 39.8. The third-order valence-electron chi connectivity index (χ3n) is 12.5. The van der Waals surface area contributed by atoms with Crippen molar-refractivity contribution in [1.29, 1.82) is 0 Å². The van der Waals surface area contributed by atoms with Crippen LogP contribution in [0, 0.1) is 5.41 Å². The SMILES string of the molecule is CC(C)(C)C(=O)Nc1ncnc2c1c(-c1ccc(Oc3ccccc3)cc1)nn2[C@@H]1CCCN(C(=O)CCCCCCCCC(=O)NCCOc2ccc(-c3cc4c(C(=O)O)c[nH]c4cc3Cl)cc2)C1. The summed E-state index contributed by atoms with van der Waals surface area (Å²) >= 11 is 6.52. The molecule has 0 aliphatic carbocycles. The Kier molecular flexibility index (Phi) is 15.8. The molecule has 70 heavy (non-hydrogen) atoms. The summed E-state index contributed by atoms with van der Waals surface area (Å²) in [6.07, 6.45) is 10.9. The predicted molar refractivity (Wildman–Crippen MR) is 271 cm³/mol. The van der Waals surface area contributed by atoms with E-state index in [1.54, 1.807) is 12.1 Å². The molecule has 8 rings (SSSR count). The van der Waals surface area contributed by atoms with Crippen LogP contribution in [0.25, 0.3) is 44.3 Å². The van der Waals surface area contributed by atoms with Crippen molar-refractivity contribution in [3.8, 4) is 39.6 Å². The number of ether oxygens (including phenoxy) is 2. The highest BCUT2D eigenvalue weighted by Crippen LogP contribution is 2.37. The van der Waals surface area contributed by atoms with E-state index in [0.717, 1.165) is 73.8 Å². The Hall–Kier alpha value is -7.26. The van der Waals surface area contributed by atoms with Gasteiger partial charge in [0.15, 0.2) is 5.65 Å². The molecule has 1 aliphatic heterocycles. The number of nitrogens with zero attached hydrogens (tertiary/aromatic N) is 5. The Bertz CT molecular complexity index is 2950. The molecule has 4 heterocycles. The second-order valence-electron chi connectivity index (χ2n) is 18.7. The molecule has 3 amide bonds. The molecule has 0 saturated carbocycles. The van der Waals surface area contributed by atoms with E-state index >= 15 is 0 Å². The van der Waals surface area contributed by atoms with E-state index in [1.165, 1.54) is 12.5 Å². The fraction of sp³-hybridized carbons (Fsp3) is 0.352. The number of carbonyl (C=O) groups excluding carboxylic acids is 3. The average Bonchev–Trinajstić information content (AvgIpc) is 3.96. The Morgan fingerprint density at radius 3 is 2.26 bits per heavy atom. The van der Waals surface area contributed by atoms with E-state index in [9.17, 15) is 24.3 Å². The number of aromatic nitrogens is 5. The largest absolute Gasteiger partial charge is 0.492 e. The molecule has 0 bridgehead atoms. The number of fused-ring (bicyclic) bond motifs is 2. The second-order valence-corrected chi connectivity index (χ2v) is 19.1. The number of carbonyl (C=O) groups is 4. The highest BCUT2D eigenvalue weighted by atomic mass is 35.5. The van der Waals surface area contributed by atoms with Crippen molar-refractivity contribution in [2.24, 2.45) is 5.41 Å². The van der Waals surface area contributed by atoms with E-state index in [4.69, 9.17) is 31.2 Å². The van der Waals surface area contributed by atoms with Gasteiger partial charge >= 0.3 is 5.97 Å². The summed E-state index contributed by atoms with van der Waals surface area (Å²) in [5.74, 6) is 1.38. The van der Waals surface area contributed by atoms with Crippen LogP contribution in [0.4, 0.5) is 5.82 Å². The van der Waals surface area contributed by atoms with Crippen LogP contribution in [-0.2, 0) is 14.4 Å². The van der Waals surface area contributed by atoms with Gasteiger partial charge in [-0.25, -0.2) is 19.4 Å². The topological polar surface area (TPSA) is 194 Å². The van der Waals surface area contributed by atoms with Gasteiger partial charge in [0.1, 0.15) is 41.7 Å². The summed E-state index contributed by atoms with van der Waals surface area (Å²) in [5.41, 5.74) is 3.78. The Balaban J connectivity index is 0.758. The molecule has 1 saturated heterocycles. The summed E-state index contributed by atoms with van der Waals surface area (Å²) in [5, 5.41) is 22.3. The van der Waals surface area contributed by atoms with Gasteiger partial charge in [-0.3, -0.25) is 14.4 Å². The number of carboxylic acid groups (broad SMARTS) is 1. The molecule has 0 spiro atoms. The van der Waals surface area contributed by atoms with E-state index in [1.807, 2.05) is 109 Å². The van der Waals surface area contributed by atoms with Crippen molar-refractivity contribution in [1.82, 2.24) is 34.9 Å². The zero-order chi connectivity index (χ0) is 49.2. The number of halogens is 1. The van der Waals surface area contributed by atoms with Crippen LogP contribution in [0.3, 0.4) is 0 Å². The average molecular weight is 968 g/mol. The van der Waals surface area contributed by atoms with Crippen LogP contribution in [0.15, 0.2) is 104 Å². The number of hydrogen-bond donors (Lipinski definition) is 4. The minimum Gasteiger partial charge on any atom is -0.492 e. The van der Waals surface area contributed by atoms with Crippen molar-refractivity contribution >= 4 is 63.0 Å². The quantitative estimate of drug-likeness (QED) is 0.0534. The monoisotopic (exact) mass is 966 g/mol. The fourth-order valence-electron chi connectivity index (χ4n) is 8.65. The number of anilines is 1. The van der Waals surface area contributed by atoms with Crippen LogP contribution >= 0.6 is 11.6 Å². The number of unbranched alkanes of at least 4 members (excludes halogenated alkanes) is 5. The summed E-state index contributed by atoms with van der Waals surface area (Å²) < 4.78 is 13.8. The van der Waals surface area contributed by atoms with Gasteiger partial charge in [-0.05, 0) is 91.9 Å². The summed E-state index contributed by atoms with van der Waals surface area (Å²) in [7, 11) is 0. The first kappa shape index (κ1) is 49.2. The number of piperidine rings is 1. The molecule has 1 atom stereocenters. The number of carboxylic acids is 1. The molecule has 0 radical (unpaired) electrons. The van der Waals surface area contributed by atoms with Crippen LogP contribution in [-0.4, -0.2) is 84.7 Å². The van der Waals surface area contributed by atoms with Crippen LogP contribution in [0.2, 0.25) is 5.02 Å². The predicted octanol–water partition coefficient (Wildman–Crippen LogP) is 11.2. The molecule has 4 N–H and O–H groups in total. The third-order valence-corrected chi connectivity index (χ3v) is 12.8. The lowest BCUT2D eigenvalue weighted by atomic mass is 9.95. The van der Waals surface area contributed by atoms with Gasteiger partial charge in [-0.1, -0.05) is 88.4 Å². The summed E-state index contributed by atoms with van der Waals surface area (Å²) in [6.45, 7) is 7.46. The maximum absolute atomic E-state index is 13.6. The van der Waals surface area contributed by atoms with Gasteiger partial charge in [0, 0.05) is 59.6 Å². The first-order valence-corrected chi connectivity index (χ1v) is 24.4. The van der Waals surface area contributed by atoms with Crippen molar-refractivity contribution in [3.05, 3.63) is 114 Å². The van der Waals surface area contributed by atoms with Gasteiger partial charge in [0.25, 0.3) is 0 Å². The van der Waals surface area contributed by atoms with Crippen molar-refractivity contribution in [2.75, 3.05) is 31.6 Å². The van der Waals surface area contributed by atoms with Gasteiger partial charge in [-0.2, -0.15) is 5.10 Å². The molecule has 15 nitrogen and oxygen atoms in total. The van der Waals surface area contributed by atoms with Crippen molar-refractivity contribution in [2.45, 2.75) is 91.0 Å². The lowest BCUT2D eigenvalue weighted by Gasteiger charge is -2.33. The number of para-hydroxylation sites is 1. The highest BCUT2D eigenvalue weighted by molar-refractivity contribution is 6.34. The highest BCUT2D eigenvalue weighted by Gasteiger charge is 2.30. The summed E-state index contributed by atoms with van der Waals surface area (Å²) in [4.78, 5) is 65.0. The molecule has 3 aromatic heterocycles. The normalized spacial score (nSPS) is 13.9. The fourth-order valence-corrected chi connectivity index (χ4v) is 8.93. The molecule has 1 fully saturated rings. The lowest BCUT2D eigenvalue weighted by Crippen LogP contribution is -2.40. The number of benzene rings is 4. The molecule has 1 aliphatic rings. The maximum Gasteiger partial charge on any atom is 0.337 e. The van der Waals surface area contributed by atoms with E-state index in [-0.39, 0.29) is 29.3 Å². The van der Waals surface area contributed by atoms with E-state index < -0.39 is 11.4 Å². The van der Waals surface area contributed by atoms with Crippen LogP contribution in [0.5, 0.6) is 17.2 Å². The molecule has 16 heteroatoms. The van der Waals surface area contributed by atoms with Crippen LogP contribution < -0.4 is 20.1 Å². The van der Waals surface area contributed by atoms with E-state index in [2.05, 4.69) is 20.6 Å². The van der Waals surface area contributed by atoms with Crippen molar-refractivity contribution < 1.29 is 33.8 Å². The second kappa shape index (κ2) is 22.4.